The molecule has 2 aliphatic heterocycles. The molecule has 0 amide bonds. The minimum atomic E-state index is 0.758. The first-order valence-electron chi connectivity index (χ1n) is 8.82. The molecule has 3 heteroatoms. The summed E-state index contributed by atoms with van der Waals surface area (Å²) in [7, 11) is 0. The Labute approximate surface area is 148 Å². The first-order chi connectivity index (χ1) is 11.9. The van der Waals surface area contributed by atoms with Crippen LogP contribution in [0, 0.1) is 0 Å². The van der Waals surface area contributed by atoms with Gasteiger partial charge in [0.1, 0.15) is 0 Å². The molecule has 2 nitrogen and oxygen atoms in total. The lowest BCUT2D eigenvalue weighted by molar-refractivity contribution is 0.264. The van der Waals surface area contributed by atoms with E-state index < -0.39 is 0 Å². The van der Waals surface area contributed by atoms with Crippen molar-refractivity contribution in [2.24, 2.45) is 5.73 Å². The van der Waals surface area contributed by atoms with Gasteiger partial charge in [-0.05, 0) is 41.2 Å². The molecule has 2 heterocycles. The summed E-state index contributed by atoms with van der Waals surface area (Å²) >= 11 is 1.97. The van der Waals surface area contributed by atoms with E-state index in [2.05, 4.69) is 53.4 Å². The number of nitrogens with zero attached hydrogens (tertiary/aromatic N) is 1. The van der Waals surface area contributed by atoms with Crippen molar-refractivity contribution in [2.45, 2.75) is 23.5 Å². The third-order valence-electron chi connectivity index (χ3n) is 5.08. The van der Waals surface area contributed by atoms with Gasteiger partial charge in [-0.15, -0.1) is 11.8 Å². The van der Waals surface area contributed by atoms with Gasteiger partial charge >= 0.3 is 0 Å². The lowest BCUT2D eigenvalue weighted by Gasteiger charge is -2.30. The molecule has 0 bridgehead atoms. The van der Waals surface area contributed by atoms with Gasteiger partial charge in [-0.1, -0.05) is 48.0 Å². The maximum absolute atomic E-state index is 5.73. The molecule has 24 heavy (non-hydrogen) atoms. The Bertz CT molecular complexity index is 706. The summed E-state index contributed by atoms with van der Waals surface area (Å²) in [5.74, 6) is 1.06. The number of thioether (sulfide) groups is 1. The van der Waals surface area contributed by atoms with Crippen molar-refractivity contribution in [2.75, 3.05) is 26.2 Å². The summed E-state index contributed by atoms with van der Waals surface area (Å²) in [6, 6.07) is 17.9. The summed E-state index contributed by atoms with van der Waals surface area (Å²) in [4.78, 5) is 3.91. The zero-order valence-electron chi connectivity index (χ0n) is 14.0. The smallest absolute Gasteiger partial charge is 0.0238 e. The normalized spacial score (nSPS) is 18.0. The number of rotatable bonds is 2. The van der Waals surface area contributed by atoms with E-state index in [1.807, 2.05) is 11.8 Å². The number of piperidine rings is 1. The van der Waals surface area contributed by atoms with Crippen LogP contribution in [-0.2, 0) is 5.75 Å². The molecule has 0 saturated carbocycles. The van der Waals surface area contributed by atoms with E-state index in [9.17, 15) is 0 Å². The molecule has 0 unspecified atom stereocenters. The second kappa shape index (κ2) is 7.14. The van der Waals surface area contributed by atoms with Crippen molar-refractivity contribution in [1.29, 1.82) is 0 Å². The minimum Gasteiger partial charge on any atom is -0.329 e. The van der Waals surface area contributed by atoms with Gasteiger partial charge in [0.05, 0.1) is 0 Å². The first kappa shape index (κ1) is 15.9. The van der Waals surface area contributed by atoms with E-state index >= 15 is 0 Å². The maximum Gasteiger partial charge on any atom is 0.0238 e. The molecule has 2 aliphatic rings. The Morgan fingerprint density at radius 1 is 0.917 bits per heavy atom. The molecule has 2 aromatic carbocycles. The largest absolute Gasteiger partial charge is 0.329 e. The molecule has 1 saturated heterocycles. The van der Waals surface area contributed by atoms with E-state index in [1.165, 1.54) is 27.2 Å². The number of hydrogen-bond donors (Lipinski definition) is 1. The van der Waals surface area contributed by atoms with Gasteiger partial charge in [0.2, 0.25) is 0 Å². The summed E-state index contributed by atoms with van der Waals surface area (Å²) in [6.07, 6.45) is 2.31. The average molecular weight is 337 g/mol. The van der Waals surface area contributed by atoms with Crippen molar-refractivity contribution in [3.63, 3.8) is 0 Å². The van der Waals surface area contributed by atoms with Crippen LogP contribution < -0.4 is 5.73 Å². The first-order valence-corrected chi connectivity index (χ1v) is 9.80. The summed E-state index contributed by atoms with van der Waals surface area (Å²) in [5, 5.41) is 0. The van der Waals surface area contributed by atoms with Crippen LogP contribution in [0.4, 0.5) is 0 Å². The summed E-state index contributed by atoms with van der Waals surface area (Å²) in [6.45, 7) is 4.04. The Morgan fingerprint density at radius 3 is 2.42 bits per heavy atom. The molecule has 124 valence electrons. The standard InChI is InChI=1S/C21H24N2S/c22-11-14-23-12-9-16(10-13-23)21-18-6-2-1-5-17(18)15-24-20-8-4-3-7-19(20)21/h1-8H,9-15,22H2. The maximum atomic E-state index is 5.73. The quantitative estimate of drug-likeness (QED) is 0.893. The van der Waals surface area contributed by atoms with Crippen LogP contribution in [0.2, 0.25) is 0 Å². The fourth-order valence-electron chi connectivity index (χ4n) is 3.85. The minimum absolute atomic E-state index is 0.758. The Kier molecular flexibility index (Phi) is 4.74. The van der Waals surface area contributed by atoms with Gasteiger partial charge in [0.15, 0.2) is 0 Å². The second-order valence-corrected chi connectivity index (χ2v) is 7.57. The van der Waals surface area contributed by atoms with E-state index in [-0.39, 0.29) is 0 Å². The van der Waals surface area contributed by atoms with Crippen LogP contribution in [0.5, 0.6) is 0 Å². The van der Waals surface area contributed by atoms with Gasteiger partial charge in [-0.3, -0.25) is 0 Å². The zero-order valence-corrected chi connectivity index (χ0v) is 14.8. The van der Waals surface area contributed by atoms with E-state index in [1.54, 1.807) is 5.57 Å². The number of fused-ring (bicyclic) bond motifs is 2. The van der Waals surface area contributed by atoms with Gasteiger partial charge < -0.3 is 10.6 Å². The molecule has 0 spiro atoms. The third kappa shape index (κ3) is 3.04. The van der Waals surface area contributed by atoms with Crippen molar-refractivity contribution in [3.8, 4) is 0 Å². The molecule has 0 atom stereocenters. The van der Waals surface area contributed by atoms with Gasteiger partial charge in [0.25, 0.3) is 0 Å². The molecule has 2 N–H and O–H groups in total. The zero-order chi connectivity index (χ0) is 16.4. The van der Waals surface area contributed by atoms with Crippen molar-refractivity contribution < 1.29 is 0 Å². The van der Waals surface area contributed by atoms with Gasteiger partial charge in [0, 0.05) is 36.8 Å². The Morgan fingerprint density at radius 2 is 1.62 bits per heavy atom. The number of hydrogen-bond acceptors (Lipinski definition) is 3. The molecule has 0 aromatic heterocycles. The van der Waals surface area contributed by atoms with Crippen LogP contribution >= 0.6 is 11.8 Å². The molecule has 0 aliphatic carbocycles. The van der Waals surface area contributed by atoms with Crippen LogP contribution in [0.25, 0.3) is 5.57 Å². The fourth-order valence-corrected chi connectivity index (χ4v) is 4.91. The van der Waals surface area contributed by atoms with Crippen molar-refractivity contribution in [3.05, 3.63) is 70.8 Å². The summed E-state index contributed by atoms with van der Waals surface area (Å²) in [5.41, 5.74) is 13.2. The molecular weight excluding hydrogens is 312 g/mol. The van der Waals surface area contributed by atoms with Gasteiger partial charge in [-0.2, -0.15) is 0 Å². The van der Waals surface area contributed by atoms with Crippen molar-refractivity contribution in [1.82, 2.24) is 4.90 Å². The Balaban J connectivity index is 1.80. The molecule has 2 aromatic rings. The SMILES string of the molecule is NCCN1CCC(=C2c3ccccc3CSc3ccccc32)CC1. The number of benzene rings is 2. The Hall–Kier alpha value is -1.55. The van der Waals surface area contributed by atoms with E-state index in [0.29, 0.717) is 0 Å². The average Bonchev–Trinajstić information content (AvgIpc) is 2.80. The van der Waals surface area contributed by atoms with Crippen molar-refractivity contribution >= 4 is 17.3 Å². The highest BCUT2D eigenvalue weighted by Gasteiger charge is 2.23. The van der Waals surface area contributed by atoms with Crippen LogP contribution in [0.3, 0.4) is 0 Å². The highest BCUT2D eigenvalue weighted by atomic mass is 32.2. The predicted octanol–water partition coefficient (Wildman–Crippen LogP) is 4.15. The highest BCUT2D eigenvalue weighted by molar-refractivity contribution is 7.98. The molecule has 1 fully saturated rings. The van der Waals surface area contributed by atoms with E-state index in [4.69, 9.17) is 5.73 Å². The topological polar surface area (TPSA) is 29.3 Å². The highest BCUT2D eigenvalue weighted by Crippen LogP contribution is 2.43. The number of likely N-dealkylation sites (tertiary alicyclic amines) is 1. The van der Waals surface area contributed by atoms with Gasteiger partial charge in [-0.25, -0.2) is 0 Å². The third-order valence-corrected chi connectivity index (χ3v) is 6.21. The van der Waals surface area contributed by atoms with Crippen LogP contribution in [0.15, 0.2) is 59.0 Å². The molecule has 0 radical (unpaired) electrons. The lowest BCUT2D eigenvalue weighted by Crippen LogP contribution is -2.35. The number of nitrogens with two attached hydrogens (primary N) is 1. The predicted molar refractivity (Wildman–Crippen MR) is 103 cm³/mol. The second-order valence-electron chi connectivity index (χ2n) is 6.55. The van der Waals surface area contributed by atoms with Crippen LogP contribution in [0.1, 0.15) is 29.5 Å². The molecule has 4 rings (SSSR count). The fraction of sp³-hybridized carbons (Fsp3) is 0.333. The van der Waals surface area contributed by atoms with Crippen LogP contribution in [-0.4, -0.2) is 31.1 Å². The lowest BCUT2D eigenvalue weighted by atomic mass is 9.86. The molecular formula is C21H24N2S. The van der Waals surface area contributed by atoms with E-state index in [0.717, 1.165) is 44.8 Å². The summed E-state index contributed by atoms with van der Waals surface area (Å²) < 4.78 is 0. The monoisotopic (exact) mass is 336 g/mol.